The Labute approximate surface area is 136 Å². The highest BCUT2D eigenvalue weighted by atomic mass is 19.1. The van der Waals surface area contributed by atoms with Gasteiger partial charge in [-0.1, -0.05) is 0 Å². The molecule has 3 aromatic rings. The molecular weight excluding hydrogens is 316 g/mol. The summed E-state index contributed by atoms with van der Waals surface area (Å²) in [5.74, 6) is -1.05. The van der Waals surface area contributed by atoms with Crippen molar-refractivity contribution in [2.75, 3.05) is 18.5 Å². The second-order valence-electron chi connectivity index (χ2n) is 5.15. The lowest BCUT2D eigenvalue weighted by atomic mass is 10.2. The average molecular weight is 331 g/mol. The Morgan fingerprint density at radius 1 is 1.17 bits per heavy atom. The highest BCUT2D eigenvalue weighted by molar-refractivity contribution is 6.02. The van der Waals surface area contributed by atoms with Crippen molar-refractivity contribution in [1.82, 2.24) is 4.98 Å². The number of aliphatic imine (C=N–C) groups is 1. The van der Waals surface area contributed by atoms with E-state index in [1.165, 1.54) is 36.5 Å². The topological polar surface area (TPSA) is 80.6 Å². The minimum Gasteiger partial charge on any atom is -0.494 e. The summed E-state index contributed by atoms with van der Waals surface area (Å²) < 4.78 is 27.1. The van der Waals surface area contributed by atoms with Crippen molar-refractivity contribution in [2.45, 2.75) is 0 Å². The van der Waals surface area contributed by atoms with E-state index in [2.05, 4.69) is 15.3 Å². The number of hydrogen-bond donors (Lipinski definition) is 4. The van der Waals surface area contributed by atoms with Crippen LogP contribution in [-0.2, 0) is 0 Å². The van der Waals surface area contributed by atoms with Gasteiger partial charge in [0.15, 0.2) is 5.88 Å². The fourth-order valence-corrected chi connectivity index (χ4v) is 2.37. The summed E-state index contributed by atoms with van der Waals surface area (Å²) in [4.78, 5) is 6.81. The molecule has 0 aliphatic rings. The van der Waals surface area contributed by atoms with Crippen LogP contribution in [0.2, 0.25) is 0 Å². The summed E-state index contributed by atoms with van der Waals surface area (Å²) in [5.41, 5.74) is 1.47. The van der Waals surface area contributed by atoms with Gasteiger partial charge in [0, 0.05) is 24.2 Å². The van der Waals surface area contributed by atoms with Crippen LogP contribution in [-0.4, -0.2) is 34.6 Å². The Kier molecular flexibility index (Phi) is 4.43. The number of hydrogen-bond acceptors (Lipinski definition) is 4. The Morgan fingerprint density at radius 3 is 2.75 bits per heavy atom. The molecule has 4 N–H and O–H groups in total. The zero-order valence-electron chi connectivity index (χ0n) is 12.6. The largest absolute Gasteiger partial charge is 0.494 e. The lowest BCUT2D eigenvalue weighted by Crippen LogP contribution is -2.06. The quantitative estimate of drug-likeness (QED) is 0.542. The molecule has 0 aliphatic heterocycles. The number of rotatable bonds is 5. The summed E-state index contributed by atoms with van der Waals surface area (Å²) in [6.07, 6.45) is 1.39. The third-order valence-electron chi connectivity index (χ3n) is 3.50. The molecule has 124 valence electrons. The Hall–Kier alpha value is -2.93. The summed E-state index contributed by atoms with van der Waals surface area (Å²) in [6, 6.07) is 8.45. The monoisotopic (exact) mass is 331 g/mol. The lowest BCUT2D eigenvalue weighted by Gasteiger charge is -2.05. The molecule has 1 aromatic heterocycles. The van der Waals surface area contributed by atoms with Crippen LogP contribution >= 0.6 is 0 Å². The van der Waals surface area contributed by atoms with Crippen LogP contribution in [0.1, 0.15) is 5.56 Å². The maximum Gasteiger partial charge on any atom is 0.198 e. The predicted octanol–water partition coefficient (Wildman–Crippen LogP) is 3.31. The van der Waals surface area contributed by atoms with Gasteiger partial charge in [-0.15, -0.1) is 0 Å². The van der Waals surface area contributed by atoms with E-state index in [1.54, 1.807) is 6.07 Å². The van der Waals surface area contributed by atoms with E-state index < -0.39 is 11.6 Å². The number of H-pyrrole nitrogens is 1. The third kappa shape index (κ3) is 3.21. The van der Waals surface area contributed by atoms with Crippen LogP contribution < -0.4 is 5.32 Å². The second-order valence-corrected chi connectivity index (χ2v) is 5.15. The lowest BCUT2D eigenvalue weighted by molar-refractivity contribution is 0.311. The standard InChI is InChI=1S/C17H15F2N3O2/c18-10-1-3-12-13(17(24)22-16(12)7-10)9-21-11-2-4-15(14(19)8-11)20-5-6-23/h1-4,7-9,20,22-24H,5-6H2. The van der Waals surface area contributed by atoms with Crippen molar-refractivity contribution in [1.29, 1.82) is 0 Å². The molecule has 0 unspecified atom stereocenters. The summed E-state index contributed by atoms with van der Waals surface area (Å²) in [5, 5.41) is 22.0. The van der Waals surface area contributed by atoms with E-state index in [-0.39, 0.29) is 24.7 Å². The predicted molar refractivity (Wildman–Crippen MR) is 89.2 cm³/mol. The molecule has 0 atom stereocenters. The molecular formula is C17H15F2N3O2. The van der Waals surface area contributed by atoms with E-state index >= 15 is 0 Å². The van der Waals surface area contributed by atoms with Gasteiger partial charge < -0.3 is 20.5 Å². The number of nitrogens with zero attached hydrogens (tertiary/aromatic N) is 1. The van der Waals surface area contributed by atoms with E-state index in [1.807, 2.05) is 0 Å². The molecule has 7 heteroatoms. The number of aliphatic hydroxyl groups excluding tert-OH is 1. The second kappa shape index (κ2) is 6.67. The van der Waals surface area contributed by atoms with Crippen molar-refractivity contribution in [3.8, 4) is 5.88 Å². The molecule has 0 radical (unpaired) electrons. The van der Waals surface area contributed by atoms with Crippen molar-refractivity contribution >= 4 is 28.5 Å². The van der Waals surface area contributed by atoms with Crippen LogP contribution in [0, 0.1) is 11.6 Å². The highest BCUT2D eigenvalue weighted by Gasteiger charge is 2.09. The van der Waals surface area contributed by atoms with Gasteiger partial charge >= 0.3 is 0 Å². The minimum atomic E-state index is -0.497. The number of halogens is 2. The number of nitrogens with one attached hydrogen (secondary N) is 2. The Balaban J connectivity index is 1.88. The van der Waals surface area contributed by atoms with Gasteiger partial charge in [-0.25, -0.2) is 8.78 Å². The van der Waals surface area contributed by atoms with Crippen LogP contribution in [0.25, 0.3) is 10.9 Å². The number of aromatic amines is 1. The smallest absolute Gasteiger partial charge is 0.198 e. The molecule has 0 aliphatic carbocycles. The highest BCUT2D eigenvalue weighted by Crippen LogP contribution is 2.27. The van der Waals surface area contributed by atoms with Crippen LogP contribution in [0.3, 0.4) is 0 Å². The van der Waals surface area contributed by atoms with Gasteiger partial charge in [0.1, 0.15) is 11.6 Å². The first-order valence-corrected chi connectivity index (χ1v) is 7.27. The Bertz CT molecular complexity index is 906. The average Bonchev–Trinajstić information content (AvgIpc) is 2.86. The normalized spacial score (nSPS) is 11.5. The van der Waals surface area contributed by atoms with Crippen LogP contribution in [0.5, 0.6) is 5.88 Å². The Morgan fingerprint density at radius 2 is 2.00 bits per heavy atom. The number of aromatic hydroxyl groups is 1. The van der Waals surface area contributed by atoms with Crippen molar-refractivity contribution in [3.63, 3.8) is 0 Å². The number of fused-ring (bicyclic) bond motifs is 1. The van der Waals surface area contributed by atoms with Crippen molar-refractivity contribution in [3.05, 3.63) is 53.6 Å². The molecule has 0 bridgehead atoms. The first kappa shape index (κ1) is 15.9. The molecule has 0 saturated heterocycles. The molecule has 5 nitrogen and oxygen atoms in total. The van der Waals surface area contributed by atoms with E-state index in [0.717, 1.165) is 0 Å². The molecule has 1 heterocycles. The van der Waals surface area contributed by atoms with E-state index in [9.17, 15) is 13.9 Å². The number of aromatic nitrogens is 1. The molecule has 0 saturated carbocycles. The molecule has 0 fully saturated rings. The fourth-order valence-electron chi connectivity index (χ4n) is 2.37. The van der Waals surface area contributed by atoms with Gasteiger partial charge in [0.25, 0.3) is 0 Å². The maximum absolute atomic E-state index is 13.9. The van der Waals surface area contributed by atoms with Gasteiger partial charge in [0.05, 0.1) is 29.1 Å². The molecule has 24 heavy (non-hydrogen) atoms. The third-order valence-corrected chi connectivity index (χ3v) is 3.50. The zero-order valence-corrected chi connectivity index (χ0v) is 12.6. The number of aliphatic hydroxyl groups is 1. The summed E-state index contributed by atoms with van der Waals surface area (Å²) in [6.45, 7) is 0.152. The molecule has 3 rings (SSSR count). The molecule has 2 aromatic carbocycles. The van der Waals surface area contributed by atoms with Gasteiger partial charge in [0.2, 0.25) is 0 Å². The molecule has 0 spiro atoms. The van der Waals surface area contributed by atoms with E-state index in [4.69, 9.17) is 5.11 Å². The van der Waals surface area contributed by atoms with Gasteiger partial charge in [-0.3, -0.25) is 4.99 Å². The van der Waals surface area contributed by atoms with E-state index in [0.29, 0.717) is 22.2 Å². The summed E-state index contributed by atoms with van der Waals surface area (Å²) in [7, 11) is 0. The first-order chi connectivity index (χ1) is 11.6. The van der Waals surface area contributed by atoms with Crippen molar-refractivity contribution in [2.24, 2.45) is 4.99 Å². The summed E-state index contributed by atoms with van der Waals surface area (Å²) >= 11 is 0. The minimum absolute atomic E-state index is 0.0974. The van der Waals surface area contributed by atoms with Gasteiger partial charge in [-0.2, -0.15) is 0 Å². The number of benzene rings is 2. The molecule has 0 amide bonds. The van der Waals surface area contributed by atoms with Gasteiger partial charge in [-0.05, 0) is 30.3 Å². The zero-order chi connectivity index (χ0) is 17.1. The number of anilines is 1. The van der Waals surface area contributed by atoms with Crippen LogP contribution in [0.4, 0.5) is 20.2 Å². The fraction of sp³-hybridized carbons (Fsp3) is 0.118. The maximum atomic E-state index is 13.9. The SMILES string of the molecule is OCCNc1ccc(N=Cc2c(O)[nH]c3cc(F)ccc23)cc1F. The van der Waals surface area contributed by atoms with Crippen LogP contribution in [0.15, 0.2) is 41.4 Å². The van der Waals surface area contributed by atoms with Crippen molar-refractivity contribution < 1.29 is 19.0 Å². The first-order valence-electron chi connectivity index (χ1n) is 7.27.